The lowest BCUT2D eigenvalue weighted by molar-refractivity contribution is 0.0950. The first-order chi connectivity index (χ1) is 12.7. The monoisotopic (exact) mass is 397 g/mol. The highest BCUT2D eigenvalue weighted by Gasteiger charge is 2.17. The third-order valence-electron chi connectivity index (χ3n) is 3.72. The summed E-state index contributed by atoms with van der Waals surface area (Å²) in [5.74, 6) is -2.67. The van der Waals surface area contributed by atoms with Gasteiger partial charge in [-0.25, -0.2) is 17.2 Å². The molecular formula is C18H21F2N3O3S. The number of benzene rings is 2. The van der Waals surface area contributed by atoms with Crippen molar-refractivity contribution in [1.82, 2.24) is 10.6 Å². The first-order valence-electron chi connectivity index (χ1n) is 8.32. The SMILES string of the molecule is CCN[C@H](C)CNC(=O)c1ccc(NS(=O)(=O)c2ccc(F)c(F)c2)cc1. The fourth-order valence-electron chi connectivity index (χ4n) is 2.32. The second kappa shape index (κ2) is 8.92. The maximum Gasteiger partial charge on any atom is 0.261 e. The fraction of sp³-hybridized carbons (Fsp3) is 0.278. The maximum absolute atomic E-state index is 13.3. The van der Waals surface area contributed by atoms with Gasteiger partial charge in [0.15, 0.2) is 11.6 Å². The largest absolute Gasteiger partial charge is 0.350 e. The van der Waals surface area contributed by atoms with E-state index in [4.69, 9.17) is 0 Å². The van der Waals surface area contributed by atoms with E-state index in [0.717, 1.165) is 18.7 Å². The molecule has 2 aromatic rings. The minimum atomic E-state index is -4.08. The molecule has 1 amide bonds. The molecule has 2 rings (SSSR count). The summed E-state index contributed by atoms with van der Waals surface area (Å²) < 4.78 is 52.9. The van der Waals surface area contributed by atoms with Crippen molar-refractivity contribution in [1.29, 1.82) is 0 Å². The van der Waals surface area contributed by atoms with Crippen LogP contribution in [0.5, 0.6) is 0 Å². The Hall–Kier alpha value is -2.52. The van der Waals surface area contributed by atoms with Gasteiger partial charge in [-0.3, -0.25) is 9.52 Å². The van der Waals surface area contributed by atoms with Crippen molar-refractivity contribution in [3.05, 3.63) is 59.7 Å². The van der Waals surface area contributed by atoms with E-state index in [2.05, 4.69) is 15.4 Å². The molecule has 3 N–H and O–H groups in total. The molecular weight excluding hydrogens is 376 g/mol. The number of carbonyl (C=O) groups is 1. The lowest BCUT2D eigenvalue weighted by atomic mass is 10.2. The minimum Gasteiger partial charge on any atom is -0.350 e. The van der Waals surface area contributed by atoms with Gasteiger partial charge in [-0.1, -0.05) is 6.92 Å². The van der Waals surface area contributed by atoms with Crippen molar-refractivity contribution >= 4 is 21.6 Å². The van der Waals surface area contributed by atoms with Gasteiger partial charge in [-0.15, -0.1) is 0 Å². The first-order valence-corrected chi connectivity index (χ1v) is 9.80. The van der Waals surface area contributed by atoms with Crippen LogP contribution in [0.3, 0.4) is 0 Å². The normalized spacial score (nSPS) is 12.4. The molecule has 0 aliphatic heterocycles. The van der Waals surface area contributed by atoms with Crippen LogP contribution in [-0.2, 0) is 10.0 Å². The number of carbonyl (C=O) groups excluding carboxylic acids is 1. The molecule has 0 radical (unpaired) electrons. The van der Waals surface area contributed by atoms with E-state index in [0.29, 0.717) is 18.2 Å². The topological polar surface area (TPSA) is 87.3 Å². The summed E-state index contributed by atoms with van der Waals surface area (Å²) in [6.45, 7) is 5.17. The molecule has 0 aliphatic rings. The highest BCUT2D eigenvalue weighted by atomic mass is 32.2. The van der Waals surface area contributed by atoms with Crippen LogP contribution in [0, 0.1) is 11.6 Å². The predicted octanol–water partition coefficient (Wildman–Crippen LogP) is 2.49. The molecule has 1 atom stereocenters. The Kier molecular flexibility index (Phi) is 6.86. The number of likely N-dealkylation sites (N-methyl/N-ethyl adjacent to an activating group) is 1. The molecule has 0 fully saturated rings. The van der Waals surface area contributed by atoms with E-state index < -0.39 is 26.6 Å². The maximum atomic E-state index is 13.3. The number of rotatable bonds is 8. The molecule has 0 heterocycles. The lowest BCUT2D eigenvalue weighted by Gasteiger charge is -2.13. The molecule has 6 nitrogen and oxygen atoms in total. The van der Waals surface area contributed by atoms with E-state index in [1.165, 1.54) is 24.3 Å². The Morgan fingerprint density at radius 1 is 1.07 bits per heavy atom. The zero-order chi connectivity index (χ0) is 20.0. The second-order valence-electron chi connectivity index (χ2n) is 5.93. The van der Waals surface area contributed by atoms with E-state index in [1.54, 1.807) is 0 Å². The third kappa shape index (κ3) is 5.73. The average molecular weight is 397 g/mol. The Balaban J connectivity index is 2.04. The summed E-state index contributed by atoms with van der Waals surface area (Å²) in [4.78, 5) is 11.7. The lowest BCUT2D eigenvalue weighted by Crippen LogP contribution is -2.38. The van der Waals surface area contributed by atoms with Crippen molar-refractivity contribution in [2.75, 3.05) is 17.8 Å². The van der Waals surface area contributed by atoms with Gasteiger partial charge in [0.2, 0.25) is 0 Å². The minimum absolute atomic E-state index is 0.126. The van der Waals surface area contributed by atoms with Crippen molar-refractivity contribution in [3.8, 4) is 0 Å². The van der Waals surface area contributed by atoms with Crippen LogP contribution < -0.4 is 15.4 Å². The number of anilines is 1. The standard InChI is InChI=1S/C18H21F2N3O3S/c1-3-21-12(2)11-22-18(24)13-4-6-14(7-5-13)23-27(25,26)15-8-9-16(19)17(20)10-15/h4-10,12,21,23H,3,11H2,1-2H3,(H,22,24)/t12-/m1/s1. The smallest absolute Gasteiger partial charge is 0.261 e. The van der Waals surface area contributed by atoms with Crippen LogP contribution >= 0.6 is 0 Å². The van der Waals surface area contributed by atoms with Gasteiger partial charge < -0.3 is 10.6 Å². The molecule has 146 valence electrons. The van der Waals surface area contributed by atoms with Gasteiger partial charge in [0.25, 0.3) is 15.9 Å². The molecule has 9 heteroatoms. The highest BCUT2D eigenvalue weighted by molar-refractivity contribution is 7.92. The van der Waals surface area contributed by atoms with Crippen LogP contribution in [0.25, 0.3) is 0 Å². The van der Waals surface area contributed by atoms with Crippen molar-refractivity contribution < 1.29 is 22.0 Å². The van der Waals surface area contributed by atoms with Crippen LogP contribution in [-0.4, -0.2) is 33.5 Å². The van der Waals surface area contributed by atoms with Crippen molar-refractivity contribution in [2.45, 2.75) is 24.8 Å². The van der Waals surface area contributed by atoms with Crippen molar-refractivity contribution in [2.24, 2.45) is 0 Å². The number of amides is 1. The zero-order valence-corrected chi connectivity index (χ0v) is 15.7. The molecule has 0 aromatic heterocycles. The summed E-state index contributed by atoms with van der Waals surface area (Å²) in [5, 5.41) is 5.94. The number of halogens is 2. The average Bonchev–Trinajstić information content (AvgIpc) is 2.62. The van der Waals surface area contributed by atoms with Crippen molar-refractivity contribution in [3.63, 3.8) is 0 Å². The van der Waals surface area contributed by atoms with E-state index in [1.807, 2.05) is 13.8 Å². The summed E-state index contributed by atoms with van der Waals surface area (Å²) in [5.41, 5.74) is 0.562. The summed E-state index contributed by atoms with van der Waals surface area (Å²) in [6, 6.07) is 8.21. The molecule has 0 saturated carbocycles. The van der Waals surface area contributed by atoms with E-state index in [9.17, 15) is 22.0 Å². The Morgan fingerprint density at radius 3 is 2.33 bits per heavy atom. The quantitative estimate of drug-likeness (QED) is 0.639. The fourth-order valence-corrected chi connectivity index (χ4v) is 3.39. The summed E-state index contributed by atoms with van der Waals surface area (Å²) >= 11 is 0. The summed E-state index contributed by atoms with van der Waals surface area (Å²) in [6.07, 6.45) is 0. The second-order valence-corrected chi connectivity index (χ2v) is 7.61. The Labute approximate surface area is 157 Å². The molecule has 27 heavy (non-hydrogen) atoms. The van der Waals surface area contributed by atoms with Crippen LogP contribution in [0.2, 0.25) is 0 Å². The predicted molar refractivity (Wildman–Crippen MR) is 99.1 cm³/mol. The van der Waals surface area contributed by atoms with E-state index in [-0.39, 0.29) is 17.6 Å². The first kappa shape index (κ1) is 20.8. The molecule has 0 bridgehead atoms. The van der Waals surface area contributed by atoms with Gasteiger partial charge in [-0.2, -0.15) is 0 Å². The molecule has 2 aromatic carbocycles. The van der Waals surface area contributed by atoms with Gasteiger partial charge in [0.05, 0.1) is 4.90 Å². The van der Waals surface area contributed by atoms with Gasteiger partial charge >= 0.3 is 0 Å². The highest BCUT2D eigenvalue weighted by Crippen LogP contribution is 2.18. The molecule has 0 aliphatic carbocycles. The zero-order valence-electron chi connectivity index (χ0n) is 14.9. The Bertz CT molecular complexity index is 903. The van der Waals surface area contributed by atoms with Crippen LogP contribution in [0.1, 0.15) is 24.2 Å². The van der Waals surface area contributed by atoms with Crippen LogP contribution in [0.4, 0.5) is 14.5 Å². The molecule has 0 saturated heterocycles. The molecule has 0 unspecified atom stereocenters. The molecule has 0 spiro atoms. The number of sulfonamides is 1. The van der Waals surface area contributed by atoms with Gasteiger partial charge in [0.1, 0.15) is 0 Å². The van der Waals surface area contributed by atoms with Crippen LogP contribution in [0.15, 0.2) is 47.4 Å². The van der Waals surface area contributed by atoms with Gasteiger partial charge in [-0.05, 0) is 55.9 Å². The number of hydrogen-bond donors (Lipinski definition) is 3. The van der Waals surface area contributed by atoms with Gasteiger partial charge in [0, 0.05) is 23.8 Å². The summed E-state index contributed by atoms with van der Waals surface area (Å²) in [7, 11) is -4.08. The van der Waals surface area contributed by atoms with E-state index >= 15 is 0 Å². The number of nitrogens with one attached hydrogen (secondary N) is 3. The number of hydrogen-bond acceptors (Lipinski definition) is 4. The third-order valence-corrected chi connectivity index (χ3v) is 5.10. The Morgan fingerprint density at radius 2 is 1.74 bits per heavy atom.